The number of nitrogens with zero attached hydrogens (tertiary/aromatic N) is 2. The number of hydrogen-bond donors (Lipinski definition) is 0. The number of para-hydroxylation sites is 1. The van der Waals surface area contributed by atoms with Gasteiger partial charge >= 0.3 is 0 Å². The number of rotatable bonds is 5. The number of fused-ring (bicyclic) bond motifs is 1. The Balaban J connectivity index is 1.34. The van der Waals surface area contributed by atoms with E-state index in [1.54, 1.807) is 11.3 Å². The third-order valence-electron chi connectivity index (χ3n) is 5.85. The van der Waals surface area contributed by atoms with Crippen molar-refractivity contribution in [3.05, 3.63) is 76.8 Å². The standard InChI is InChI=1S/C25H24N2OS/c28-24(17-19-6-2-3-7-23(19)27-13-4-1-5-14-27)22-10-9-21(26-22)18-8-11-25-20(16-18)12-15-29-25/h2-3,6-8,10-12,15-16H,1,4-5,9,13-14,17H2. The number of carbonyl (C=O) groups excluding carboxylic acids is 1. The Hall–Kier alpha value is -2.72. The lowest BCUT2D eigenvalue weighted by Gasteiger charge is -2.30. The number of benzene rings is 2. The van der Waals surface area contributed by atoms with E-state index in [4.69, 9.17) is 4.99 Å². The van der Waals surface area contributed by atoms with Crippen molar-refractivity contribution in [2.24, 2.45) is 4.99 Å². The summed E-state index contributed by atoms with van der Waals surface area (Å²) >= 11 is 1.75. The quantitative estimate of drug-likeness (QED) is 0.544. The molecule has 0 N–H and O–H groups in total. The number of allylic oxidation sites excluding steroid dienone is 2. The molecular weight excluding hydrogens is 376 g/mol. The Labute approximate surface area is 175 Å². The maximum Gasteiger partial charge on any atom is 0.185 e. The van der Waals surface area contributed by atoms with Crippen LogP contribution in [-0.2, 0) is 11.2 Å². The van der Waals surface area contributed by atoms with Crippen LogP contribution in [0.2, 0.25) is 0 Å². The topological polar surface area (TPSA) is 32.7 Å². The molecule has 4 heteroatoms. The molecule has 0 spiro atoms. The first-order valence-electron chi connectivity index (χ1n) is 10.4. The zero-order valence-corrected chi connectivity index (χ0v) is 17.3. The maximum atomic E-state index is 13.0. The highest BCUT2D eigenvalue weighted by Crippen LogP contribution is 2.28. The first-order valence-corrected chi connectivity index (χ1v) is 11.3. The van der Waals surface area contributed by atoms with Crippen LogP contribution in [0, 0.1) is 0 Å². The minimum Gasteiger partial charge on any atom is -0.371 e. The molecule has 0 atom stereocenters. The molecule has 0 unspecified atom stereocenters. The third kappa shape index (κ3) is 3.77. The molecule has 3 heterocycles. The van der Waals surface area contributed by atoms with Gasteiger partial charge in [0.15, 0.2) is 5.78 Å². The number of anilines is 1. The van der Waals surface area contributed by atoms with Gasteiger partial charge in [-0.25, -0.2) is 4.99 Å². The Morgan fingerprint density at radius 1 is 1.03 bits per heavy atom. The molecule has 0 radical (unpaired) electrons. The lowest BCUT2D eigenvalue weighted by molar-refractivity contribution is -0.115. The molecular formula is C25H24N2OS. The predicted octanol–water partition coefficient (Wildman–Crippen LogP) is 5.78. The van der Waals surface area contributed by atoms with Crippen LogP contribution in [-0.4, -0.2) is 24.6 Å². The monoisotopic (exact) mass is 400 g/mol. The molecule has 3 aromatic rings. The summed E-state index contributed by atoms with van der Waals surface area (Å²) in [5.41, 5.74) is 5.04. The molecule has 0 bridgehead atoms. The molecule has 146 valence electrons. The van der Waals surface area contributed by atoms with Crippen LogP contribution in [0.15, 0.2) is 70.7 Å². The third-order valence-corrected chi connectivity index (χ3v) is 6.75. The predicted molar refractivity (Wildman–Crippen MR) is 122 cm³/mol. The highest BCUT2D eigenvalue weighted by molar-refractivity contribution is 7.17. The van der Waals surface area contributed by atoms with E-state index in [2.05, 4.69) is 52.7 Å². The molecule has 2 aliphatic heterocycles. The van der Waals surface area contributed by atoms with Crippen LogP contribution in [0.1, 0.15) is 36.8 Å². The number of Topliss-reactive ketones (excluding diaryl/α,β-unsaturated/α-hetero) is 1. The van der Waals surface area contributed by atoms with Gasteiger partial charge in [0.05, 0.1) is 5.71 Å². The summed E-state index contributed by atoms with van der Waals surface area (Å²) in [4.78, 5) is 20.1. The molecule has 5 rings (SSSR count). The Morgan fingerprint density at radius 2 is 1.90 bits per heavy atom. The first kappa shape index (κ1) is 18.3. The van der Waals surface area contributed by atoms with Gasteiger partial charge in [-0.05, 0) is 71.5 Å². The summed E-state index contributed by atoms with van der Waals surface area (Å²) in [6, 6.07) is 16.9. The van der Waals surface area contributed by atoms with E-state index in [9.17, 15) is 4.79 Å². The average molecular weight is 401 g/mol. The molecule has 1 fully saturated rings. The Morgan fingerprint density at radius 3 is 2.79 bits per heavy atom. The fraction of sp³-hybridized carbons (Fsp3) is 0.280. The van der Waals surface area contributed by atoms with E-state index in [1.165, 1.54) is 35.0 Å². The second kappa shape index (κ2) is 7.96. The first-order chi connectivity index (χ1) is 14.3. The van der Waals surface area contributed by atoms with Crippen molar-refractivity contribution in [3.63, 3.8) is 0 Å². The summed E-state index contributed by atoms with van der Waals surface area (Å²) in [6.45, 7) is 2.17. The van der Waals surface area contributed by atoms with E-state index in [-0.39, 0.29) is 5.78 Å². The highest BCUT2D eigenvalue weighted by Gasteiger charge is 2.20. The molecule has 0 amide bonds. The number of carbonyl (C=O) groups is 1. The van der Waals surface area contributed by atoms with Gasteiger partial charge in [-0.1, -0.05) is 24.3 Å². The SMILES string of the molecule is O=C(Cc1ccccc1N1CCCCC1)C1=CCC(c2ccc3sccc3c2)=N1. The van der Waals surface area contributed by atoms with Crippen LogP contribution in [0.3, 0.4) is 0 Å². The van der Waals surface area contributed by atoms with E-state index < -0.39 is 0 Å². The van der Waals surface area contributed by atoms with Crippen molar-refractivity contribution in [2.75, 3.05) is 18.0 Å². The number of piperidine rings is 1. The van der Waals surface area contributed by atoms with Gasteiger partial charge in [-0.15, -0.1) is 11.3 Å². The number of ketones is 1. The minimum atomic E-state index is 0.112. The number of hydrogen-bond acceptors (Lipinski definition) is 4. The van der Waals surface area contributed by atoms with Crippen molar-refractivity contribution < 1.29 is 4.79 Å². The molecule has 0 aliphatic carbocycles. The Bertz CT molecular complexity index is 1120. The smallest absolute Gasteiger partial charge is 0.185 e. The maximum absolute atomic E-state index is 13.0. The van der Waals surface area contributed by atoms with Gasteiger partial charge < -0.3 is 4.90 Å². The van der Waals surface area contributed by atoms with Gasteiger partial charge in [0.2, 0.25) is 0 Å². The highest BCUT2D eigenvalue weighted by atomic mass is 32.1. The second-order valence-corrected chi connectivity index (χ2v) is 8.75. The van der Waals surface area contributed by atoms with Crippen molar-refractivity contribution >= 4 is 38.6 Å². The zero-order chi connectivity index (χ0) is 19.6. The van der Waals surface area contributed by atoms with Gasteiger partial charge in [-0.3, -0.25) is 4.79 Å². The van der Waals surface area contributed by atoms with Crippen molar-refractivity contribution in [1.82, 2.24) is 0 Å². The normalized spacial score (nSPS) is 16.8. The van der Waals surface area contributed by atoms with Gasteiger partial charge in [0.1, 0.15) is 5.70 Å². The largest absolute Gasteiger partial charge is 0.371 e. The molecule has 0 saturated carbocycles. The average Bonchev–Trinajstić information content (AvgIpc) is 3.44. The zero-order valence-electron chi connectivity index (χ0n) is 16.4. The van der Waals surface area contributed by atoms with Crippen LogP contribution in [0.4, 0.5) is 5.69 Å². The van der Waals surface area contributed by atoms with Crippen molar-refractivity contribution in [1.29, 1.82) is 0 Å². The molecule has 2 aliphatic rings. The van der Waals surface area contributed by atoms with Crippen LogP contribution in [0.25, 0.3) is 10.1 Å². The fourth-order valence-corrected chi connectivity index (χ4v) is 5.07. The number of aliphatic imine (C=N–C) groups is 1. The van der Waals surface area contributed by atoms with E-state index in [1.807, 2.05) is 12.1 Å². The van der Waals surface area contributed by atoms with Gasteiger partial charge in [0.25, 0.3) is 0 Å². The van der Waals surface area contributed by atoms with Crippen molar-refractivity contribution in [3.8, 4) is 0 Å². The summed E-state index contributed by atoms with van der Waals surface area (Å²) < 4.78 is 1.28. The second-order valence-electron chi connectivity index (χ2n) is 7.80. The molecule has 1 aromatic heterocycles. The van der Waals surface area contributed by atoms with Crippen LogP contribution >= 0.6 is 11.3 Å². The van der Waals surface area contributed by atoms with E-state index >= 15 is 0 Å². The van der Waals surface area contributed by atoms with Crippen molar-refractivity contribution in [2.45, 2.75) is 32.1 Å². The minimum absolute atomic E-state index is 0.112. The molecule has 2 aromatic carbocycles. The molecule has 1 saturated heterocycles. The van der Waals surface area contributed by atoms with Gasteiger partial charge in [-0.2, -0.15) is 0 Å². The summed E-state index contributed by atoms with van der Waals surface area (Å²) in [7, 11) is 0. The van der Waals surface area contributed by atoms with Gasteiger partial charge in [0, 0.05) is 36.3 Å². The summed E-state index contributed by atoms with van der Waals surface area (Å²) in [6.07, 6.45) is 6.90. The lowest BCUT2D eigenvalue weighted by Crippen LogP contribution is -2.30. The fourth-order valence-electron chi connectivity index (χ4n) is 4.30. The summed E-state index contributed by atoms with van der Waals surface area (Å²) in [5.74, 6) is 0.112. The lowest BCUT2D eigenvalue weighted by atomic mass is 10.0. The summed E-state index contributed by atoms with van der Waals surface area (Å²) in [5, 5.41) is 3.35. The number of thiophene rings is 1. The Kier molecular flexibility index (Phi) is 5.03. The molecule has 3 nitrogen and oxygen atoms in total. The van der Waals surface area contributed by atoms with E-state index in [0.717, 1.165) is 36.3 Å². The van der Waals surface area contributed by atoms with Crippen LogP contribution in [0.5, 0.6) is 0 Å². The van der Waals surface area contributed by atoms with E-state index in [0.29, 0.717) is 12.1 Å². The molecule has 29 heavy (non-hydrogen) atoms. The van der Waals surface area contributed by atoms with Crippen LogP contribution < -0.4 is 4.90 Å².